The average Bonchev–Trinajstić information content (AvgIpc) is 2.19. The van der Waals surface area contributed by atoms with Gasteiger partial charge in [-0.3, -0.25) is 0 Å². The minimum atomic E-state index is 0.377. The van der Waals surface area contributed by atoms with E-state index >= 15 is 0 Å². The molecule has 72 valence electrons. The number of fused-ring (bicyclic) bond motifs is 1. The monoisotopic (exact) mass is 186 g/mol. The normalized spacial score (nSPS) is 10.7. The Hall–Kier alpha value is -1.50. The summed E-state index contributed by atoms with van der Waals surface area (Å²) in [6, 6.07) is 10.2. The van der Waals surface area contributed by atoms with Crippen molar-refractivity contribution < 1.29 is 5.11 Å². The molecule has 0 aliphatic rings. The summed E-state index contributed by atoms with van der Waals surface area (Å²) < 4.78 is 0. The van der Waals surface area contributed by atoms with E-state index in [1.165, 1.54) is 10.9 Å². The molecular weight excluding hydrogens is 172 g/mol. The number of phenols is 1. The van der Waals surface area contributed by atoms with Crippen molar-refractivity contribution in [2.45, 2.75) is 20.3 Å². The molecule has 1 N–H and O–H groups in total. The van der Waals surface area contributed by atoms with Gasteiger partial charge in [0.25, 0.3) is 0 Å². The van der Waals surface area contributed by atoms with Crippen LogP contribution in [-0.4, -0.2) is 5.11 Å². The Balaban J connectivity index is 2.70. The molecule has 0 fully saturated rings. The van der Waals surface area contributed by atoms with Gasteiger partial charge in [-0.05, 0) is 47.4 Å². The van der Waals surface area contributed by atoms with Gasteiger partial charge in [0.15, 0.2) is 0 Å². The summed E-state index contributed by atoms with van der Waals surface area (Å²) in [6.07, 6.45) is 1.05. The van der Waals surface area contributed by atoms with Crippen LogP contribution in [0.5, 0.6) is 5.75 Å². The Morgan fingerprint density at radius 2 is 1.86 bits per heavy atom. The highest BCUT2D eigenvalue weighted by molar-refractivity contribution is 5.85. The van der Waals surface area contributed by atoms with Crippen LogP contribution in [0.25, 0.3) is 10.8 Å². The molecule has 1 heteroatoms. The lowest BCUT2D eigenvalue weighted by Gasteiger charge is -2.04. The third kappa shape index (κ3) is 1.46. The van der Waals surface area contributed by atoms with E-state index in [4.69, 9.17) is 0 Å². The standard InChI is InChI=1S/C13H14O/c1-3-10-4-5-11-8-13(14)9(2)6-12(11)7-10/h4-8,14H,3H2,1-2H3. The summed E-state index contributed by atoms with van der Waals surface area (Å²) in [4.78, 5) is 0. The Morgan fingerprint density at radius 1 is 1.07 bits per heavy atom. The lowest BCUT2D eigenvalue weighted by Crippen LogP contribution is -1.82. The zero-order valence-electron chi connectivity index (χ0n) is 8.54. The van der Waals surface area contributed by atoms with E-state index in [2.05, 4.69) is 25.1 Å². The molecule has 0 saturated heterocycles. The second-order valence-corrected chi connectivity index (χ2v) is 3.67. The highest BCUT2D eigenvalue weighted by atomic mass is 16.3. The number of rotatable bonds is 1. The number of benzene rings is 2. The summed E-state index contributed by atoms with van der Waals surface area (Å²) in [5.41, 5.74) is 2.27. The van der Waals surface area contributed by atoms with Crippen LogP contribution in [0.1, 0.15) is 18.1 Å². The maximum absolute atomic E-state index is 9.54. The van der Waals surface area contributed by atoms with Crippen molar-refractivity contribution in [1.29, 1.82) is 0 Å². The van der Waals surface area contributed by atoms with Crippen molar-refractivity contribution in [1.82, 2.24) is 0 Å². The zero-order chi connectivity index (χ0) is 10.1. The maximum atomic E-state index is 9.54. The van der Waals surface area contributed by atoms with Crippen LogP contribution in [0.15, 0.2) is 30.3 Å². The third-order valence-electron chi connectivity index (χ3n) is 2.63. The van der Waals surface area contributed by atoms with Crippen molar-refractivity contribution in [3.63, 3.8) is 0 Å². The van der Waals surface area contributed by atoms with Crippen LogP contribution in [-0.2, 0) is 6.42 Å². The summed E-state index contributed by atoms with van der Waals surface area (Å²) in [6.45, 7) is 4.07. The predicted octanol–water partition coefficient (Wildman–Crippen LogP) is 3.42. The van der Waals surface area contributed by atoms with Gasteiger partial charge in [-0.25, -0.2) is 0 Å². The quantitative estimate of drug-likeness (QED) is 0.723. The fourth-order valence-electron chi connectivity index (χ4n) is 1.67. The molecule has 0 radical (unpaired) electrons. The molecular formula is C13H14O. The van der Waals surface area contributed by atoms with Gasteiger partial charge in [0.05, 0.1) is 0 Å². The molecule has 0 aliphatic heterocycles. The Morgan fingerprint density at radius 3 is 2.57 bits per heavy atom. The summed E-state index contributed by atoms with van der Waals surface area (Å²) in [7, 11) is 0. The van der Waals surface area contributed by atoms with Crippen LogP contribution in [0.2, 0.25) is 0 Å². The van der Waals surface area contributed by atoms with Crippen LogP contribution in [0.3, 0.4) is 0 Å². The van der Waals surface area contributed by atoms with Gasteiger partial charge in [-0.2, -0.15) is 0 Å². The Bertz CT molecular complexity index is 472. The van der Waals surface area contributed by atoms with Gasteiger partial charge in [-0.15, -0.1) is 0 Å². The molecule has 0 bridgehead atoms. The number of aryl methyl sites for hydroxylation is 2. The molecule has 1 nitrogen and oxygen atoms in total. The molecule has 2 aromatic rings. The first-order chi connectivity index (χ1) is 6.70. The molecule has 0 spiro atoms. The fourth-order valence-corrected chi connectivity index (χ4v) is 1.67. The maximum Gasteiger partial charge on any atom is 0.119 e. The molecule has 0 aliphatic carbocycles. The van der Waals surface area contributed by atoms with Gasteiger partial charge >= 0.3 is 0 Å². The summed E-state index contributed by atoms with van der Waals surface area (Å²) in [5.74, 6) is 0.377. The highest BCUT2D eigenvalue weighted by Crippen LogP contribution is 2.25. The van der Waals surface area contributed by atoms with Gasteiger partial charge < -0.3 is 5.11 Å². The molecule has 2 rings (SSSR count). The van der Waals surface area contributed by atoms with Crippen LogP contribution in [0.4, 0.5) is 0 Å². The van der Waals surface area contributed by atoms with Crippen LogP contribution >= 0.6 is 0 Å². The van der Waals surface area contributed by atoms with Crippen LogP contribution in [0, 0.1) is 6.92 Å². The lowest BCUT2D eigenvalue weighted by molar-refractivity contribution is 0.472. The van der Waals surface area contributed by atoms with Gasteiger partial charge in [-0.1, -0.05) is 25.1 Å². The number of hydrogen-bond donors (Lipinski definition) is 1. The lowest BCUT2D eigenvalue weighted by atomic mass is 10.0. The minimum absolute atomic E-state index is 0.377. The summed E-state index contributed by atoms with van der Waals surface area (Å²) >= 11 is 0. The topological polar surface area (TPSA) is 20.2 Å². The predicted molar refractivity (Wildman–Crippen MR) is 59.7 cm³/mol. The molecule has 0 atom stereocenters. The van der Waals surface area contributed by atoms with Gasteiger partial charge in [0, 0.05) is 0 Å². The molecule has 2 aromatic carbocycles. The highest BCUT2D eigenvalue weighted by Gasteiger charge is 2.00. The second-order valence-electron chi connectivity index (χ2n) is 3.67. The van der Waals surface area contributed by atoms with Crippen molar-refractivity contribution in [3.05, 3.63) is 41.5 Å². The number of phenolic OH excluding ortho intramolecular Hbond substituents is 1. The average molecular weight is 186 g/mol. The third-order valence-corrected chi connectivity index (χ3v) is 2.63. The van der Waals surface area contributed by atoms with Crippen molar-refractivity contribution in [2.24, 2.45) is 0 Å². The molecule has 0 aromatic heterocycles. The van der Waals surface area contributed by atoms with E-state index in [1.54, 1.807) is 0 Å². The van der Waals surface area contributed by atoms with Gasteiger partial charge in [0.1, 0.15) is 5.75 Å². The molecule has 0 amide bonds. The minimum Gasteiger partial charge on any atom is -0.508 e. The van der Waals surface area contributed by atoms with E-state index in [-0.39, 0.29) is 0 Å². The van der Waals surface area contributed by atoms with Crippen molar-refractivity contribution in [2.75, 3.05) is 0 Å². The van der Waals surface area contributed by atoms with E-state index in [0.717, 1.165) is 17.4 Å². The second kappa shape index (κ2) is 3.33. The Kier molecular flexibility index (Phi) is 2.16. The first kappa shape index (κ1) is 9.07. The first-order valence-electron chi connectivity index (χ1n) is 4.93. The Labute approximate surface area is 84.0 Å². The van der Waals surface area contributed by atoms with E-state index in [9.17, 15) is 5.11 Å². The molecule has 0 saturated carbocycles. The first-order valence-corrected chi connectivity index (χ1v) is 4.93. The smallest absolute Gasteiger partial charge is 0.119 e. The molecule has 0 unspecified atom stereocenters. The SMILES string of the molecule is CCc1ccc2cc(O)c(C)cc2c1. The number of aromatic hydroxyl groups is 1. The van der Waals surface area contributed by atoms with E-state index in [1.807, 2.05) is 19.1 Å². The molecule has 0 heterocycles. The van der Waals surface area contributed by atoms with E-state index in [0.29, 0.717) is 5.75 Å². The molecule has 14 heavy (non-hydrogen) atoms. The zero-order valence-corrected chi connectivity index (χ0v) is 8.54. The van der Waals surface area contributed by atoms with Crippen molar-refractivity contribution >= 4 is 10.8 Å². The number of hydrogen-bond acceptors (Lipinski definition) is 1. The van der Waals surface area contributed by atoms with Crippen molar-refractivity contribution in [3.8, 4) is 5.75 Å². The summed E-state index contributed by atoms with van der Waals surface area (Å²) in [5, 5.41) is 11.9. The van der Waals surface area contributed by atoms with Gasteiger partial charge in [0.2, 0.25) is 0 Å². The van der Waals surface area contributed by atoms with E-state index < -0.39 is 0 Å². The largest absolute Gasteiger partial charge is 0.508 e. The van der Waals surface area contributed by atoms with Crippen LogP contribution < -0.4 is 0 Å². The fraction of sp³-hybridized carbons (Fsp3) is 0.231.